The zero-order valence-electron chi connectivity index (χ0n) is 17.4. The number of aliphatic carboxylic acids is 4. The maximum Gasteiger partial charge on any atom is 0.414 e. The molecule has 1 saturated heterocycles. The molecule has 13 heteroatoms. The number of anilines is 1. The molecule has 0 saturated carbocycles. The van der Waals surface area contributed by atoms with E-state index in [4.69, 9.17) is 39.6 Å². The average molecular weight is 468 g/mol. The molecule has 174 valence electrons. The number of carbonyl (C=O) groups is 4. The molecule has 4 N–H and O–H groups in total. The largest absolute Gasteiger partial charge is 0.473 e. The van der Waals surface area contributed by atoms with Crippen molar-refractivity contribution in [1.29, 1.82) is 0 Å². The van der Waals surface area contributed by atoms with Gasteiger partial charge in [0.1, 0.15) is 17.0 Å². The lowest BCUT2D eigenvalue weighted by Gasteiger charge is -2.35. The van der Waals surface area contributed by atoms with Gasteiger partial charge in [-0.05, 0) is 31.4 Å². The normalized spacial score (nSPS) is 15.1. The van der Waals surface area contributed by atoms with Crippen LogP contribution in [0.2, 0.25) is 0 Å². The van der Waals surface area contributed by atoms with Gasteiger partial charge in [0.15, 0.2) is 0 Å². The molecule has 2 aliphatic rings. The number of thiophene rings is 1. The first kappa shape index (κ1) is 24.9. The fourth-order valence-corrected chi connectivity index (χ4v) is 4.65. The van der Waals surface area contributed by atoms with Crippen molar-refractivity contribution in [2.45, 2.75) is 26.2 Å². The van der Waals surface area contributed by atoms with E-state index in [1.54, 1.807) is 16.8 Å². The Morgan fingerprint density at radius 3 is 1.97 bits per heavy atom. The van der Waals surface area contributed by atoms with Crippen molar-refractivity contribution in [2.75, 3.05) is 37.6 Å². The lowest BCUT2D eigenvalue weighted by Crippen LogP contribution is -2.46. The van der Waals surface area contributed by atoms with E-state index in [0.717, 1.165) is 32.7 Å². The van der Waals surface area contributed by atoms with Crippen molar-refractivity contribution in [2.24, 2.45) is 0 Å². The molecule has 2 aromatic heterocycles. The number of rotatable bonds is 2. The van der Waals surface area contributed by atoms with Crippen molar-refractivity contribution < 1.29 is 39.6 Å². The molecule has 2 aromatic rings. The predicted molar refractivity (Wildman–Crippen MR) is 114 cm³/mol. The fourth-order valence-electron chi connectivity index (χ4n) is 3.43. The minimum absolute atomic E-state index is 1.09. The molecule has 0 unspecified atom stereocenters. The van der Waals surface area contributed by atoms with Gasteiger partial charge in [-0.1, -0.05) is 6.92 Å². The fraction of sp³-hybridized carbons (Fsp3) is 0.474. The minimum Gasteiger partial charge on any atom is -0.473 e. The lowest BCUT2D eigenvalue weighted by atomic mass is 10.1. The van der Waals surface area contributed by atoms with Gasteiger partial charge in [0.2, 0.25) is 0 Å². The molecule has 0 aromatic carbocycles. The van der Waals surface area contributed by atoms with E-state index >= 15 is 0 Å². The van der Waals surface area contributed by atoms with E-state index in [0.29, 0.717) is 0 Å². The van der Waals surface area contributed by atoms with Crippen LogP contribution in [0.15, 0.2) is 6.33 Å². The summed E-state index contributed by atoms with van der Waals surface area (Å²) in [4.78, 5) is 53.2. The Kier molecular flexibility index (Phi) is 8.84. The van der Waals surface area contributed by atoms with Crippen LogP contribution in [0.5, 0.6) is 0 Å². The second-order valence-corrected chi connectivity index (χ2v) is 7.96. The zero-order chi connectivity index (χ0) is 23.8. The van der Waals surface area contributed by atoms with Crippen LogP contribution in [-0.4, -0.2) is 91.9 Å². The molecule has 1 aliphatic heterocycles. The summed E-state index contributed by atoms with van der Waals surface area (Å²) in [6.07, 6.45) is 5.49. The summed E-state index contributed by atoms with van der Waals surface area (Å²) in [5, 5.41) is 30.9. The molecule has 0 radical (unpaired) electrons. The number of carboxylic acids is 4. The minimum atomic E-state index is -1.82. The Labute approximate surface area is 186 Å². The molecule has 0 amide bonds. The number of hydrogen-bond donors (Lipinski definition) is 4. The molecular formula is C19H24N4O8S. The third-order valence-corrected chi connectivity index (χ3v) is 6.17. The van der Waals surface area contributed by atoms with Crippen LogP contribution in [0.25, 0.3) is 10.2 Å². The van der Waals surface area contributed by atoms with Crippen LogP contribution in [0.1, 0.15) is 23.8 Å². The summed E-state index contributed by atoms with van der Waals surface area (Å²) in [5.74, 6) is -6.11. The number of carboxylic acid groups (broad SMARTS) is 4. The van der Waals surface area contributed by atoms with E-state index in [2.05, 4.69) is 26.7 Å². The number of aryl methyl sites for hydroxylation is 2. The molecule has 12 nitrogen and oxygen atoms in total. The van der Waals surface area contributed by atoms with Gasteiger partial charge in [-0.3, -0.25) is 0 Å². The third kappa shape index (κ3) is 6.34. The van der Waals surface area contributed by atoms with Crippen LogP contribution < -0.4 is 4.90 Å². The zero-order valence-corrected chi connectivity index (χ0v) is 18.2. The van der Waals surface area contributed by atoms with Crippen LogP contribution in [-0.2, 0) is 32.0 Å². The molecule has 1 fully saturated rings. The average Bonchev–Trinajstić information content (AvgIpc) is 3.35. The smallest absolute Gasteiger partial charge is 0.414 e. The van der Waals surface area contributed by atoms with Gasteiger partial charge in [0.25, 0.3) is 0 Å². The van der Waals surface area contributed by atoms with E-state index in [-0.39, 0.29) is 0 Å². The summed E-state index contributed by atoms with van der Waals surface area (Å²) in [5.41, 5.74) is 1.54. The molecule has 0 atom stereocenters. The van der Waals surface area contributed by atoms with E-state index in [9.17, 15) is 0 Å². The monoisotopic (exact) mass is 468 g/mol. The number of piperazine rings is 1. The second kappa shape index (κ2) is 11.3. The molecule has 32 heavy (non-hydrogen) atoms. The standard InChI is InChI=1S/C15H20N4S.2C2H2O4/c1-2-18-6-8-19(9-7-18)14-13-11-4-3-5-12(11)20-15(13)17-10-16-14;2*3-1(4)2(5)6/h10H,2-9H2,1H3;2*(H,3,4)(H,5,6). The van der Waals surface area contributed by atoms with Gasteiger partial charge in [0, 0.05) is 31.1 Å². The van der Waals surface area contributed by atoms with Gasteiger partial charge in [0.05, 0.1) is 5.39 Å². The molecule has 3 heterocycles. The van der Waals surface area contributed by atoms with Gasteiger partial charge in [-0.25, -0.2) is 29.1 Å². The molecule has 0 spiro atoms. The maximum absolute atomic E-state index is 9.10. The number of aromatic nitrogens is 2. The van der Waals surface area contributed by atoms with Crippen LogP contribution in [0.4, 0.5) is 5.82 Å². The summed E-state index contributed by atoms with van der Waals surface area (Å²) >= 11 is 1.88. The van der Waals surface area contributed by atoms with Crippen molar-refractivity contribution in [1.82, 2.24) is 14.9 Å². The molecular weight excluding hydrogens is 444 g/mol. The highest BCUT2D eigenvalue weighted by Crippen LogP contribution is 2.40. The van der Waals surface area contributed by atoms with Gasteiger partial charge < -0.3 is 30.2 Å². The maximum atomic E-state index is 9.10. The lowest BCUT2D eigenvalue weighted by molar-refractivity contribution is -0.159. The summed E-state index contributed by atoms with van der Waals surface area (Å²) in [6.45, 7) is 7.86. The Balaban J connectivity index is 0.000000253. The Hall–Kier alpha value is -3.32. The topological polar surface area (TPSA) is 181 Å². The summed E-state index contributed by atoms with van der Waals surface area (Å²) in [6, 6.07) is 0. The van der Waals surface area contributed by atoms with Gasteiger partial charge in [-0.2, -0.15) is 0 Å². The van der Waals surface area contributed by atoms with Crippen molar-refractivity contribution in [3.05, 3.63) is 16.8 Å². The highest BCUT2D eigenvalue weighted by atomic mass is 32.1. The van der Waals surface area contributed by atoms with Crippen LogP contribution >= 0.6 is 11.3 Å². The molecule has 0 bridgehead atoms. The number of nitrogens with zero attached hydrogens (tertiary/aromatic N) is 4. The number of fused-ring (bicyclic) bond motifs is 3. The quantitative estimate of drug-likeness (QED) is 0.452. The van der Waals surface area contributed by atoms with Crippen LogP contribution in [0, 0.1) is 0 Å². The Bertz CT molecular complexity index is 953. The van der Waals surface area contributed by atoms with E-state index in [1.165, 1.54) is 35.3 Å². The highest BCUT2D eigenvalue weighted by Gasteiger charge is 2.25. The van der Waals surface area contributed by atoms with Crippen LogP contribution in [0.3, 0.4) is 0 Å². The summed E-state index contributed by atoms with van der Waals surface area (Å²) in [7, 11) is 0. The van der Waals surface area contributed by atoms with Gasteiger partial charge in [-0.15, -0.1) is 11.3 Å². The van der Waals surface area contributed by atoms with E-state index in [1.807, 2.05) is 11.3 Å². The van der Waals surface area contributed by atoms with E-state index < -0.39 is 23.9 Å². The third-order valence-electron chi connectivity index (χ3n) is 4.97. The molecule has 1 aliphatic carbocycles. The molecule has 4 rings (SSSR count). The van der Waals surface area contributed by atoms with Crippen molar-refractivity contribution in [3.63, 3.8) is 0 Å². The first-order chi connectivity index (χ1) is 15.1. The highest BCUT2D eigenvalue weighted by molar-refractivity contribution is 7.19. The second-order valence-electron chi connectivity index (χ2n) is 6.88. The predicted octanol–water partition coefficient (Wildman–Crippen LogP) is 0.633. The Morgan fingerprint density at radius 2 is 1.47 bits per heavy atom. The first-order valence-corrected chi connectivity index (χ1v) is 10.6. The van der Waals surface area contributed by atoms with Crippen molar-refractivity contribution >= 4 is 51.2 Å². The van der Waals surface area contributed by atoms with Crippen molar-refractivity contribution in [3.8, 4) is 0 Å². The Morgan fingerprint density at radius 1 is 0.906 bits per heavy atom. The first-order valence-electron chi connectivity index (χ1n) is 9.80. The summed E-state index contributed by atoms with van der Waals surface area (Å²) < 4.78 is 0. The number of hydrogen-bond acceptors (Lipinski definition) is 9. The van der Waals surface area contributed by atoms with Gasteiger partial charge >= 0.3 is 23.9 Å². The SMILES string of the molecule is CCN1CCN(c2ncnc3sc4c(c23)CCC4)CC1.O=C(O)C(=O)O.O=C(O)C(=O)O. The number of likely N-dealkylation sites (N-methyl/N-ethyl adjacent to an activating group) is 1.